The van der Waals surface area contributed by atoms with E-state index in [1.165, 1.54) is 0 Å². The van der Waals surface area contributed by atoms with Crippen LogP contribution in [0.1, 0.15) is 91.5 Å². The first kappa shape index (κ1) is 33.8. The molecule has 0 aliphatic heterocycles. The zero-order chi connectivity index (χ0) is 31.0. The summed E-state index contributed by atoms with van der Waals surface area (Å²) >= 11 is 0. The molecule has 1 aromatic rings. The van der Waals surface area contributed by atoms with Gasteiger partial charge in [0.05, 0.1) is 24.0 Å². The Bertz CT molecular complexity index is 1030. The highest BCUT2D eigenvalue weighted by Crippen LogP contribution is 2.51. The minimum atomic E-state index is -1.11. The summed E-state index contributed by atoms with van der Waals surface area (Å²) in [6.45, 7) is 10.4. The number of carbonyl (C=O) groups excluding carboxylic acids is 2. The smallest absolute Gasteiger partial charge is 0.407 e. The monoisotopic (exact) mass is 589 g/mol. The quantitative estimate of drug-likeness (QED) is 0.227. The number of esters is 1. The van der Waals surface area contributed by atoms with Crippen LogP contribution >= 0.6 is 0 Å². The predicted octanol–water partition coefficient (Wildman–Crippen LogP) is 5.31. The first-order chi connectivity index (χ1) is 19.8. The number of nitrogens with one attached hydrogen (secondary N) is 1. The number of fused-ring (bicyclic) bond motifs is 1. The molecular formula is C33H51NO8. The van der Waals surface area contributed by atoms with Crippen LogP contribution in [0.15, 0.2) is 30.3 Å². The van der Waals surface area contributed by atoms with E-state index in [2.05, 4.69) is 19.2 Å². The first-order valence-electron chi connectivity index (χ1n) is 15.6. The highest BCUT2D eigenvalue weighted by molar-refractivity contribution is 5.76. The number of rotatable bonds is 13. The van der Waals surface area contributed by atoms with Gasteiger partial charge in [-0.05, 0) is 75.7 Å². The number of amides is 1. The van der Waals surface area contributed by atoms with Crippen LogP contribution in [-0.4, -0.2) is 57.8 Å². The second-order valence-corrected chi connectivity index (χ2v) is 13.3. The zero-order valence-electron chi connectivity index (χ0n) is 25.8. The molecule has 236 valence electrons. The number of carbonyl (C=O) groups is 3. The number of aliphatic hydroxyl groups excluding tert-OH is 2. The summed E-state index contributed by atoms with van der Waals surface area (Å²) in [5.41, 5.74) is 0.364. The van der Waals surface area contributed by atoms with E-state index in [0.717, 1.165) is 18.4 Å². The SMILES string of the molecule is CCC(C)(C)C(=O)O[C@H]1C[C@@H](C)[C@@H](OC(=O)NCc2ccccc2)[C@@H]2CC[C@H](C)[C@H](CC[C@@H](O)C[C@@H](O)CC(=O)O)[C@H]21. The first-order valence-corrected chi connectivity index (χ1v) is 15.6. The van der Waals surface area contributed by atoms with Gasteiger partial charge in [-0.15, -0.1) is 0 Å². The molecule has 9 atom stereocenters. The molecule has 0 saturated heterocycles. The van der Waals surface area contributed by atoms with E-state index >= 15 is 0 Å². The van der Waals surface area contributed by atoms with Crippen molar-refractivity contribution in [3.8, 4) is 0 Å². The fourth-order valence-corrected chi connectivity index (χ4v) is 6.86. The summed E-state index contributed by atoms with van der Waals surface area (Å²) in [6.07, 6.45) is 0.525. The molecule has 42 heavy (non-hydrogen) atoms. The molecule has 0 heterocycles. The number of carboxylic acids is 1. The molecular weight excluding hydrogens is 538 g/mol. The number of hydrogen-bond donors (Lipinski definition) is 4. The Labute approximate surface area is 250 Å². The largest absolute Gasteiger partial charge is 0.481 e. The molecule has 1 aromatic carbocycles. The molecule has 2 aliphatic carbocycles. The van der Waals surface area contributed by atoms with Gasteiger partial charge >= 0.3 is 18.0 Å². The molecule has 0 radical (unpaired) electrons. The Morgan fingerprint density at radius 1 is 1.02 bits per heavy atom. The summed E-state index contributed by atoms with van der Waals surface area (Å²) in [5.74, 6) is -1.00. The molecule has 2 aliphatic rings. The van der Waals surface area contributed by atoms with Gasteiger partial charge in [0, 0.05) is 18.4 Å². The zero-order valence-corrected chi connectivity index (χ0v) is 25.8. The van der Waals surface area contributed by atoms with Crippen LogP contribution in [0.2, 0.25) is 0 Å². The maximum absolute atomic E-state index is 13.3. The molecule has 3 rings (SSSR count). The minimum Gasteiger partial charge on any atom is -0.481 e. The van der Waals surface area contributed by atoms with Gasteiger partial charge in [-0.1, -0.05) is 57.5 Å². The summed E-state index contributed by atoms with van der Waals surface area (Å²) in [6, 6.07) is 9.65. The van der Waals surface area contributed by atoms with E-state index < -0.39 is 36.1 Å². The van der Waals surface area contributed by atoms with Crippen molar-refractivity contribution in [1.82, 2.24) is 5.32 Å². The summed E-state index contributed by atoms with van der Waals surface area (Å²) in [5, 5.41) is 32.5. The molecule has 0 aromatic heterocycles. The van der Waals surface area contributed by atoms with Crippen molar-refractivity contribution >= 4 is 18.0 Å². The van der Waals surface area contributed by atoms with Crippen molar-refractivity contribution in [3.05, 3.63) is 35.9 Å². The van der Waals surface area contributed by atoms with Crippen LogP contribution in [0.4, 0.5) is 4.79 Å². The lowest BCUT2D eigenvalue weighted by Crippen LogP contribution is -2.55. The number of carboxylic acid groups (broad SMARTS) is 1. The number of hydrogen-bond acceptors (Lipinski definition) is 7. The summed E-state index contributed by atoms with van der Waals surface area (Å²) < 4.78 is 12.4. The Hall–Kier alpha value is -2.65. The van der Waals surface area contributed by atoms with Gasteiger partial charge in [-0.2, -0.15) is 0 Å². The second-order valence-electron chi connectivity index (χ2n) is 13.3. The van der Waals surface area contributed by atoms with Gasteiger partial charge in [0.15, 0.2) is 0 Å². The number of benzene rings is 1. The van der Waals surface area contributed by atoms with E-state index in [9.17, 15) is 24.6 Å². The molecule has 1 amide bonds. The normalized spacial score (nSPS) is 29.1. The number of alkyl carbamates (subject to hydrolysis) is 1. The van der Waals surface area contributed by atoms with Crippen LogP contribution in [0.5, 0.6) is 0 Å². The molecule has 0 spiro atoms. The second kappa shape index (κ2) is 15.2. The molecule has 9 heteroatoms. The van der Waals surface area contributed by atoms with Crippen molar-refractivity contribution in [3.63, 3.8) is 0 Å². The molecule has 9 nitrogen and oxygen atoms in total. The van der Waals surface area contributed by atoms with Gasteiger partial charge in [0.2, 0.25) is 0 Å². The molecule has 2 fully saturated rings. The Morgan fingerprint density at radius 3 is 2.36 bits per heavy atom. The Kier molecular flexibility index (Phi) is 12.2. The van der Waals surface area contributed by atoms with E-state index in [-0.39, 0.29) is 48.3 Å². The van der Waals surface area contributed by atoms with E-state index in [1.807, 2.05) is 51.1 Å². The number of ether oxygens (including phenoxy) is 2. The van der Waals surface area contributed by atoms with Crippen molar-refractivity contribution in [2.45, 2.75) is 117 Å². The molecule has 2 saturated carbocycles. The van der Waals surface area contributed by atoms with Crippen LogP contribution in [0.3, 0.4) is 0 Å². The average Bonchev–Trinajstić information content (AvgIpc) is 2.93. The van der Waals surface area contributed by atoms with Gasteiger partial charge in [0.25, 0.3) is 0 Å². The van der Waals surface area contributed by atoms with Gasteiger partial charge in [-0.25, -0.2) is 4.79 Å². The third kappa shape index (κ3) is 9.17. The highest BCUT2D eigenvalue weighted by atomic mass is 16.6. The third-order valence-electron chi connectivity index (χ3n) is 9.70. The van der Waals surface area contributed by atoms with Gasteiger partial charge < -0.3 is 30.1 Å². The maximum Gasteiger partial charge on any atom is 0.407 e. The van der Waals surface area contributed by atoms with Crippen LogP contribution in [0.25, 0.3) is 0 Å². The Morgan fingerprint density at radius 2 is 1.71 bits per heavy atom. The van der Waals surface area contributed by atoms with Crippen molar-refractivity contribution in [2.24, 2.45) is 35.0 Å². The maximum atomic E-state index is 13.3. The lowest BCUT2D eigenvalue weighted by Gasteiger charge is -2.53. The molecule has 0 bridgehead atoms. The van der Waals surface area contributed by atoms with E-state index in [1.54, 1.807) is 0 Å². The average molecular weight is 590 g/mol. The molecule has 0 unspecified atom stereocenters. The van der Waals surface area contributed by atoms with Crippen molar-refractivity contribution < 1.29 is 39.2 Å². The highest BCUT2D eigenvalue weighted by Gasteiger charge is 2.53. The van der Waals surface area contributed by atoms with Crippen LogP contribution < -0.4 is 5.32 Å². The van der Waals surface area contributed by atoms with Crippen LogP contribution in [0, 0.1) is 35.0 Å². The lowest BCUT2D eigenvalue weighted by molar-refractivity contribution is -0.182. The Balaban J connectivity index is 1.78. The topological polar surface area (TPSA) is 142 Å². The van der Waals surface area contributed by atoms with E-state index in [0.29, 0.717) is 38.1 Å². The van der Waals surface area contributed by atoms with Crippen molar-refractivity contribution in [1.29, 1.82) is 0 Å². The number of aliphatic carboxylic acids is 1. The standard InChI is InChI=1S/C33H51NO8/c1-6-33(4,5)31(39)41-27-16-21(3)30(42-32(40)34-19-22-10-8-7-9-11-22)26-14-12-20(2)25(29(26)27)15-13-23(35)17-24(36)18-28(37)38/h7-11,20-21,23-27,29-30,35-36H,6,12-19H2,1-5H3,(H,34,40)(H,37,38)/t20-,21+,23+,24+,25-,26+,27-,29+,30+/m0/s1. The van der Waals surface area contributed by atoms with E-state index in [4.69, 9.17) is 14.6 Å². The fourth-order valence-electron chi connectivity index (χ4n) is 6.86. The third-order valence-corrected chi connectivity index (χ3v) is 9.70. The number of aliphatic hydroxyl groups is 2. The summed E-state index contributed by atoms with van der Waals surface area (Å²) in [4.78, 5) is 37.1. The fraction of sp³-hybridized carbons (Fsp3) is 0.727. The summed E-state index contributed by atoms with van der Waals surface area (Å²) in [7, 11) is 0. The molecule has 4 N–H and O–H groups in total. The van der Waals surface area contributed by atoms with Crippen LogP contribution in [-0.2, 0) is 25.6 Å². The minimum absolute atomic E-state index is 0.00490. The predicted molar refractivity (Wildman–Crippen MR) is 158 cm³/mol. The lowest BCUT2D eigenvalue weighted by atomic mass is 9.57. The van der Waals surface area contributed by atoms with Gasteiger partial charge in [0.1, 0.15) is 12.2 Å². The van der Waals surface area contributed by atoms with Gasteiger partial charge in [-0.3, -0.25) is 9.59 Å². The van der Waals surface area contributed by atoms with Crippen molar-refractivity contribution in [2.75, 3.05) is 0 Å².